The zero-order valence-corrected chi connectivity index (χ0v) is 25.8. The zero-order valence-electron chi connectivity index (χ0n) is 25.0. The van der Waals surface area contributed by atoms with Crippen LogP contribution < -0.4 is 30.2 Å². The fourth-order valence-electron chi connectivity index (χ4n) is 5.17. The van der Waals surface area contributed by atoms with E-state index in [2.05, 4.69) is 0 Å². The van der Waals surface area contributed by atoms with Crippen LogP contribution in [0.15, 0.2) is 89.7 Å². The summed E-state index contributed by atoms with van der Waals surface area (Å²) >= 11 is 0. The molecule has 10 heteroatoms. The van der Waals surface area contributed by atoms with E-state index < -0.39 is 11.5 Å². The molecular formula is C34H33ClN2O7. The summed E-state index contributed by atoms with van der Waals surface area (Å²) in [4.78, 5) is 28.1. The fraction of sp³-hybridized carbons (Fsp3) is 0.176. The molecule has 1 atom stereocenters. The van der Waals surface area contributed by atoms with Gasteiger partial charge in [0.15, 0.2) is 11.5 Å². The molecule has 0 amide bonds. The number of aromatic nitrogens is 1. The number of pyridine rings is 1. The van der Waals surface area contributed by atoms with Gasteiger partial charge in [0.25, 0.3) is 5.56 Å². The monoisotopic (exact) mass is 616 g/mol. The van der Waals surface area contributed by atoms with Crippen molar-refractivity contribution in [3.05, 3.63) is 107 Å². The third-order valence-electron chi connectivity index (χ3n) is 7.23. The molecule has 0 aliphatic carbocycles. The van der Waals surface area contributed by atoms with Crippen LogP contribution in [0.25, 0.3) is 27.6 Å². The smallest absolute Gasteiger partial charge is 0.355 e. The van der Waals surface area contributed by atoms with Gasteiger partial charge in [-0.2, -0.15) is 0 Å². The Bertz CT molecular complexity index is 1830. The van der Waals surface area contributed by atoms with Gasteiger partial charge < -0.3 is 29.4 Å². The Hall–Kier alpha value is -5.15. The Morgan fingerprint density at radius 1 is 0.795 bits per heavy atom. The van der Waals surface area contributed by atoms with Crippen LogP contribution in [0.3, 0.4) is 0 Å². The number of rotatable bonds is 9. The minimum atomic E-state index is -0.719. The Morgan fingerprint density at radius 3 is 2.00 bits per heavy atom. The van der Waals surface area contributed by atoms with Crippen molar-refractivity contribution >= 4 is 34.8 Å². The lowest BCUT2D eigenvalue weighted by Gasteiger charge is -2.22. The summed E-state index contributed by atoms with van der Waals surface area (Å²) in [5.74, 6) is 0.759. The molecule has 0 bridgehead atoms. The maximum Gasteiger partial charge on any atom is 0.355 e. The summed E-state index contributed by atoms with van der Waals surface area (Å²) in [6, 6.07) is 25.1. The molecule has 1 heterocycles. The number of anilines is 1. The molecule has 0 aliphatic heterocycles. The highest BCUT2D eigenvalue weighted by Crippen LogP contribution is 2.44. The largest absolute Gasteiger partial charge is 0.493 e. The van der Waals surface area contributed by atoms with Crippen molar-refractivity contribution in [1.82, 2.24) is 4.57 Å². The highest BCUT2D eigenvalue weighted by molar-refractivity contribution is 6.09. The van der Waals surface area contributed by atoms with Crippen LogP contribution in [-0.4, -0.2) is 39.0 Å². The number of esters is 1. The van der Waals surface area contributed by atoms with Gasteiger partial charge >= 0.3 is 5.97 Å². The highest BCUT2D eigenvalue weighted by Gasteiger charge is 2.28. The van der Waals surface area contributed by atoms with Gasteiger partial charge in [0.1, 0.15) is 17.5 Å². The Morgan fingerprint density at radius 2 is 1.43 bits per heavy atom. The van der Waals surface area contributed by atoms with E-state index in [-0.39, 0.29) is 29.6 Å². The highest BCUT2D eigenvalue weighted by atomic mass is 35.5. The number of hydrogen-bond donors (Lipinski definition) is 1. The third-order valence-corrected chi connectivity index (χ3v) is 7.23. The second-order valence-corrected chi connectivity index (χ2v) is 9.71. The SMILES string of the molecule is COC(=O)c1c(-c2cc(OC)c(OC)c(OC)c2)c2cccc(OC(C)c3ccccc3)c2c(=O)n1-c1ccc(N)cc1.Cl. The van der Waals surface area contributed by atoms with E-state index in [1.165, 1.54) is 33.0 Å². The molecule has 1 unspecified atom stereocenters. The minimum Gasteiger partial charge on any atom is -0.493 e. The summed E-state index contributed by atoms with van der Waals surface area (Å²) in [5.41, 5.74) is 8.30. The molecule has 5 rings (SSSR count). The molecule has 228 valence electrons. The molecule has 0 fully saturated rings. The van der Waals surface area contributed by atoms with E-state index in [4.69, 9.17) is 29.4 Å². The van der Waals surface area contributed by atoms with Crippen LogP contribution in [-0.2, 0) is 4.74 Å². The van der Waals surface area contributed by atoms with E-state index in [1.54, 1.807) is 54.6 Å². The molecule has 9 nitrogen and oxygen atoms in total. The number of nitrogens with two attached hydrogens (primary N) is 1. The number of carbonyl (C=O) groups is 1. The summed E-state index contributed by atoms with van der Waals surface area (Å²) in [6.45, 7) is 1.91. The lowest BCUT2D eigenvalue weighted by atomic mass is 9.95. The van der Waals surface area contributed by atoms with Crippen LogP contribution >= 0.6 is 12.4 Å². The van der Waals surface area contributed by atoms with Gasteiger partial charge in [0.2, 0.25) is 5.75 Å². The Balaban J connectivity index is 0.00000442. The molecule has 0 aliphatic rings. The van der Waals surface area contributed by atoms with Crippen LogP contribution in [0, 0.1) is 0 Å². The first kappa shape index (κ1) is 31.8. The lowest BCUT2D eigenvalue weighted by molar-refractivity contribution is 0.0591. The van der Waals surface area contributed by atoms with Crippen molar-refractivity contribution in [2.75, 3.05) is 34.2 Å². The normalized spacial score (nSPS) is 11.3. The number of halogens is 1. The molecule has 5 aromatic rings. The first-order valence-corrected chi connectivity index (χ1v) is 13.5. The lowest BCUT2D eigenvalue weighted by Crippen LogP contribution is -2.27. The number of carbonyl (C=O) groups excluding carboxylic acids is 1. The summed E-state index contributed by atoms with van der Waals surface area (Å²) in [6.07, 6.45) is -0.374. The average Bonchev–Trinajstić information content (AvgIpc) is 3.04. The number of benzene rings is 4. The maximum absolute atomic E-state index is 14.5. The van der Waals surface area contributed by atoms with Crippen molar-refractivity contribution in [2.45, 2.75) is 13.0 Å². The predicted molar refractivity (Wildman–Crippen MR) is 173 cm³/mol. The Kier molecular flexibility index (Phi) is 9.70. The van der Waals surface area contributed by atoms with E-state index in [1.807, 2.05) is 37.3 Å². The first-order chi connectivity index (χ1) is 20.8. The van der Waals surface area contributed by atoms with Crippen molar-refractivity contribution in [1.29, 1.82) is 0 Å². The van der Waals surface area contributed by atoms with Gasteiger partial charge in [0.05, 0.1) is 33.8 Å². The van der Waals surface area contributed by atoms with E-state index in [0.717, 1.165) is 5.56 Å². The van der Waals surface area contributed by atoms with Crippen LogP contribution in [0.4, 0.5) is 5.69 Å². The number of nitrogens with zero attached hydrogens (tertiary/aromatic N) is 1. The number of nitrogen functional groups attached to an aromatic ring is 1. The number of methoxy groups -OCH3 is 4. The molecule has 0 spiro atoms. The molecule has 4 aromatic carbocycles. The second-order valence-electron chi connectivity index (χ2n) is 9.71. The Labute approximate surface area is 261 Å². The number of hydrogen-bond acceptors (Lipinski definition) is 8. The first-order valence-electron chi connectivity index (χ1n) is 13.5. The van der Waals surface area contributed by atoms with Crippen LogP contribution in [0.2, 0.25) is 0 Å². The summed E-state index contributed by atoms with van der Waals surface area (Å²) < 4.78 is 29.8. The number of ether oxygens (including phenoxy) is 5. The molecule has 0 saturated heterocycles. The van der Waals surface area contributed by atoms with Gasteiger partial charge in [-0.05, 0) is 60.5 Å². The number of fused-ring (bicyclic) bond motifs is 1. The zero-order chi connectivity index (χ0) is 30.7. The van der Waals surface area contributed by atoms with Gasteiger partial charge in [-0.3, -0.25) is 9.36 Å². The molecule has 0 saturated carbocycles. The molecule has 44 heavy (non-hydrogen) atoms. The topological polar surface area (TPSA) is 111 Å². The molecule has 1 aromatic heterocycles. The molecular weight excluding hydrogens is 584 g/mol. The van der Waals surface area contributed by atoms with Crippen molar-refractivity contribution < 1.29 is 28.5 Å². The van der Waals surface area contributed by atoms with Gasteiger partial charge in [-0.15, -0.1) is 12.4 Å². The maximum atomic E-state index is 14.5. The quantitative estimate of drug-likeness (QED) is 0.145. The minimum absolute atomic E-state index is 0. The summed E-state index contributed by atoms with van der Waals surface area (Å²) in [7, 11) is 5.79. The standard InChI is InChI=1S/C34H32N2O7.ClH/c1-20(21-10-7-6-8-11-21)43-26-13-9-12-25-29(22-18-27(39-2)32(41-4)28(19-22)40-3)31(34(38)42-5)36(33(37)30(25)26)24-16-14-23(35)15-17-24;/h6-20H,35H2,1-5H3;1H. The van der Waals surface area contributed by atoms with E-state index in [9.17, 15) is 9.59 Å². The van der Waals surface area contributed by atoms with Crippen molar-refractivity contribution in [3.8, 4) is 39.8 Å². The van der Waals surface area contributed by atoms with Gasteiger partial charge in [0, 0.05) is 22.3 Å². The molecule has 2 N–H and O–H groups in total. The van der Waals surface area contributed by atoms with Gasteiger partial charge in [-0.25, -0.2) is 4.79 Å². The predicted octanol–water partition coefficient (Wildman–Crippen LogP) is 6.61. The molecule has 0 radical (unpaired) electrons. The fourth-order valence-corrected chi connectivity index (χ4v) is 5.17. The van der Waals surface area contributed by atoms with Crippen molar-refractivity contribution in [3.63, 3.8) is 0 Å². The van der Waals surface area contributed by atoms with Crippen molar-refractivity contribution in [2.24, 2.45) is 0 Å². The third kappa shape index (κ3) is 5.74. The van der Waals surface area contributed by atoms with Crippen LogP contribution in [0.5, 0.6) is 23.0 Å². The second kappa shape index (κ2) is 13.4. The van der Waals surface area contributed by atoms with Gasteiger partial charge in [-0.1, -0.05) is 42.5 Å². The van der Waals surface area contributed by atoms with Crippen LogP contribution in [0.1, 0.15) is 29.1 Å². The summed E-state index contributed by atoms with van der Waals surface area (Å²) in [5, 5.41) is 0.752. The van der Waals surface area contributed by atoms with E-state index >= 15 is 0 Å². The average molecular weight is 617 g/mol. The van der Waals surface area contributed by atoms with E-state index in [0.29, 0.717) is 50.9 Å².